The number of benzene rings is 1. The summed E-state index contributed by atoms with van der Waals surface area (Å²) in [6.45, 7) is 1.41. The smallest absolute Gasteiger partial charge is 0.264 e. The molecule has 6 heteroatoms. The van der Waals surface area contributed by atoms with E-state index in [1.165, 1.54) is 6.92 Å². The van der Waals surface area contributed by atoms with E-state index in [0.29, 0.717) is 0 Å². The van der Waals surface area contributed by atoms with Crippen molar-refractivity contribution >= 4 is 28.2 Å². The third-order valence-electron chi connectivity index (χ3n) is 3.49. The minimum atomic E-state index is -1.98. The largest absolute Gasteiger partial charge is 0.398 e. The second-order valence-electron chi connectivity index (χ2n) is 4.90. The number of carbonyl (C=O) groups excluding carboxylic acids is 2. The fourth-order valence-electron chi connectivity index (χ4n) is 2.50. The Morgan fingerprint density at radius 2 is 2.19 bits per heavy atom. The van der Waals surface area contributed by atoms with E-state index < -0.39 is 41.9 Å². The Hall–Kier alpha value is -2.50. The lowest BCUT2D eigenvalue weighted by Gasteiger charge is -2.24. The van der Waals surface area contributed by atoms with Crippen molar-refractivity contribution in [1.82, 2.24) is 9.55 Å². The van der Waals surface area contributed by atoms with Crippen LogP contribution in [0.3, 0.4) is 0 Å². The fourth-order valence-corrected chi connectivity index (χ4v) is 2.50. The van der Waals surface area contributed by atoms with Crippen LogP contribution in [0.15, 0.2) is 22.9 Å². The lowest BCUT2D eigenvalue weighted by molar-refractivity contribution is -0.132. The standard InChI is InChI=1S/C15H15N3O3/c1-8-17-11-4-2-3-10(16)14(11)15(21)18(8)12-6-5-9(19)7-13(12)20/h2-4,12H,5-7,16H2,1H3/t12-/m1/s1/i2D,3D,4D,12D. The molecule has 0 bridgehead atoms. The van der Waals surface area contributed by atoms with Crippen LogP contribution in [0.1, 0.15) is 36.6 Å². The van der Waals surface area contributed by atoms with Crippen molar-refractivity contribution < 1.29 is 15.1 Å². The van der Waals surface area contributed by atoms with Crippen LogP contribution in [0.2, 0.25) is 0 Å². The average Bonchev–Trinajstić information content (AvgIpc) is 2.54. The molecule has 0 amide bonds. The third-order valence-corrected chi connectivity index (χ3v) is 3.49. The molecule has 1 aliphatic carbocycles. The number of anilines is 1. The molecule has 0 spiro atoms. The lowest BCUT2D eigenvalue weighted by Crippen LogP contribution is -2.36. The van der Waals surface area contributed by atoms with Crippen molar-refractivity contribution in [3.05, 3.63) is 34.3 Å². The number of carbonyl (C=O) groups is 2. The molecule has 0 unspecified atom stereocenters. The fraction of sp³-hybridized carbons (Fsp3) is 0.333. The van der Waals surface area contributed by atoms with Crippen LogP contribution in [-0.4, -0.2) is 21.1 Å². The van der Waals surface area contributed by atoms with E-state index >= 15 is 0 Å². The second-order valence-corrected chi connectivity index (χ2v) is 4.90. The van der Waals surface area contributed by atoms with E-state index in [1.54, 1.807) is 0 Å². The lowest BCUT2D eigenvalue weighted by atomic mass is 9.92. The monoisotopic (exact) mass is 289 g/mol. The highest BCUT2D eigenvalue weighted by atomic mass is 16.2. The van der Waals surface area contributed by atoms with Crippen LogP contribution in [0.4, 0.5) is 5.69 Å². The number of nitrogens with two attached hydrogens (primary N) is 1. The average molecular weight is 289 g/mol. The van der Waals surface area contributed by atoms with Gasteiger partial charge in [-0.2, -0.15) is 0 Å². The number of ketones is 2. The quantitative estimate of drug-likeness (QED) is 0.627. The first kappa shape index (κ1) is 9.44. The summed E-state index contributed by atoms with van der Waals surface area (Å²) in [6, 6.07) is -3.32. The van der Waals surface area contributed by atoms with Crippen LogP contribution in [-0.2, 0) is 9.59 Å². The summed E-state index contributed by atoms with van der Waals surface area (Å²) in [5.41, 5.74) is 4.52. The van der Waals surface area contributed by atoms with Crippen molar-refractivity contribution in [2.45, 2.75) is 32.2 Å². The van der Waals surface area contributed by atoms with E-state index in [2.05, 4.69) is 4.98 Å². The number of fused-ring (bicyclic) bond motifs is 1. The molecule has 0 saturated heterocycles. The molecule has 1 heterocycles. The van der Waals surface area contributed by atoms with Crippen molar-refractivity contribution in [2.75, 3.05) is 5.73 Å². The maximum Gasteiger partial charge on any atom is 0.264 e. The zero-order valence-corrected chi connectivity index (χ0v) is 11.3. The van der Waals surface area contributed by atoms with Gasteiger partial charge in [0.15, 0.2) is 5.78 Å². The van der Waals surface area contributed by atoms with E-state index in [0.717, 1.165) is 4.57 Å². The van der Waals surface area contributed by atoms with Gasteiger partial charge < -0.3 is 5.73 Å². The van der Waals surface area contributed by atoms with Gasteiger partial charge in [-0.05, 0) is 25.4 Å². The van der Waals surface area contributed by atoms with Crippen LogP contribution in [0.25, 0.3) is 10.9 Å². The molecular formula is C15H15N3O3. The first-order chi connectivity index (χ1) is 11.6. The molecule has 1 aromatic heterocycles. The van der Waals surface area contributed by atoms with E-state index in [1.807, 2.05) is 0 Å². The number of nitrogens with zero attached hydrogens (tertiary/aromatic N) is 2. The molecule has 21 heavy (non-hydrogen) atoms. The Kier molecular flexibility index (Phi) is 2.16. The maximum atomic E-state index is 13.0. The summed E-state index contributed by atoms with van der Waals surface area (Å²) in [7, 11) is 0. The zero-order valence-electron chi connectivity index (χ0n) is 15.3. The number of aryl methyl sites for hydroxylation is 1. The van der Waals surface area contributed by atoms with Crippen LogP contribution in [0.5, 0.6) is 0 Å². The minimum absolute atomic E-state index is 0.00626. The molecule has 3 rings (SSSR count). The Morgan fingerprint density at radius 3 is 2.90 bits per heavy atom. The molecule has 108 valence electrons. The first-order valence-electron chi connectivity index (χ1n) is 8.43. The Labute approximate surface area is 126 Å². The number of nitrogen functional groups attached to an aromatic ring is 1. The van der Waals surface area contributed by atoms with Gasteiger partial charge in [-0.15, -0.1) is 0 Å². The van der Waals surface area contributed by atoms with Crippen molar-refractivity contribution in [3.8, 4) is 0 Å². The highest BCUT2D eigenvalue weighted by Gasteiger charge is 2.30. The number of hydrogen-bond acceptors (Lipinski definition) is 5. The van der Waals surface area contributed by atoms with E-state index in [4.69, 9.17) is 11.2 Å². The Morgan fingerprint density at radius 1 is 1.43 bits per heavy atom. The summed E-state index contributed by atoms with van der Waals surface area (Å²) < 4.78 is 32.8. The van der Waals surface area contributed by atoms with E-state index in [9.17, 15) is 14.4 Å². The van der Waals surface area contributed by atoms with Gasteiger partial charge in [0.1, 0.15) is 11.6 Å². The van der Waals surface area contributed by atoms with E-state index in [-0.39, 0.29) is 41.0 Å². The molecule has 2 N–H and O–H groups in total. The molecule has 1 saturated carbocycles. The van der Waals surface area contributed by atoms with Crippen molar-refractivity contribution in [3.63, 3.8) is 0 Å². The van der Waals surface area contributed by atoms with Gasteiger partial charge in [-0.3, -0.25) is 19.0 Å². The first-order valence-corrected chi connectivity index (χ1v) is 6.43. The van der Waals surface area contributed by atoms with Gasteiger partial charge in [0.25, 0.3) is 5.56 Å². The zero-order chi connectivity index (χ0) is 18.7. The SMILES string of the molecule is [2H]c1c([2H])c(N)c2c(=O)n([C@]3([2H])CCC(=O)CC3=O)c(C)nc2c1[2H]. The second kappa shape index (κ2) is 4.80. The summed E-state index contributed by atoms with van der Waals surface area (Å²) in [5.74, 6) is -0.976. The predicted molar refractivity (Wildman–Crippen MR) is 78.1 cm³/mol. The summed E-state index contributed by atoms with van der Waals surface area (Å²) in [6.07, 6.45) is -0.591. The normalized spacial score (nSPS) is 25.4. The highest BCUT2D eigenvalue weighted by Crippen LogP contribution is 2.24. The van der Waals surface area contributed by atoms with Gasteiger partial charge in [0, 0.05) is 12.1 Å². The summed E-state index contributed by atoms with van der Waals surface area (Å²) >= 11 is 0. The summed E-state index contributed by atoms with van der Waals surface area (Å²) in [4.78, 5) is 40.9. The number of rotatable bonds is 1. The Balaban J connectivity index is 2.41. The highest BCUT2D eigenvalue weighted by molar-refractivity contribution is 6.03. The minimum Gasteiger partial charge on any atom is -0.398 e. The molecule has 0 radical (unpaired) electrons. The Bertz CT molecular complexity index is 1020. The van der Waals surface area contributed by atoms with Gasteiger partial charge in [0.2, 0.25) is 0 Å². The topological polar surface area (TPSA) is 95.0 Å². The van der Waals surface area contributed by atoms with Crippen LogP contribution in [0, 0.1) is 6.92 Å². The van der Waals surface area contributed by atoms with Crippen molar-refractivity contribution in [1.29, 1.82) is 0 Å². The molecule has 1 aliphatic rings. The molecule has 1 fully saturated rings. The van der Waals surface area contributed by atoms with Gasteiger partial charge in [-0.1, -0.05) is 6.04 Å². The number of Topliss-reactive ketones (excluding diaryl/α,β-unsaturated/α-hetero) is 2. The van der Waals surface area contributed by atoms with Gasteiger partial charge in [0.05, 0.1) is 28.8 Å². The maximum absolute atomic E-state index is 13.0. The van der Waals surface area contributed by atoms with Gasteiger partial charge >= 0.3 is 0 Å². The molecule has 1 aromatic carbocycles. The number of aromatic nitrogens is 2. The molecule has 1 atom stereocenters. The molecule has 2 aromatic rings. The molecule has 6 nitrogen and oxygen atoms in total. The van der Waals surface area contributed by atoms with Gasteiger partial charge in [-0.25, -0.2) is 4.98 Å². The van der Waals surface area contributed by atoms with Crippen LogP contribution < -0.4 is 11.3 Å². The predicted octanol–water partition coefficient (Wildman–Crippen LogP) is 1.15. The molecular weight excluding hydrogens is 270 g/mol. The molecule has 0 aliphatic heterocycles. The van der Waals surface area contributed by atoms with Crippen LogP contribution >= 0.6 is 0 Å². The van der Waals surface area contributed by atoms with Crippen molar-refractivity contribution in [2.24, 2.45) is 0 Å². The number of hydrogen-bond donors (Lipinski definition) is 1. The summed E-state index contributed by atoms with van der Waals surface area (Å²) in [5, 5.41) is -0.257. The third kappa shape index (κ3) is 2.12.